The van der Waals surface area contributed by atoms with Crippen LogP contribution in [-0.4, -0.2) is 74.0 Å². The maximum Gasteiger partial charge on any atom is 0.251 e. The van der Waals surface area contributed by atoms with Gasteiger partial charge in [-0.15, -0.1) is 24.8 Å². The van der Waals surface area contributed by atoms with E-state index in [1.807, 2.05) is 4.90 Å². The molecule has 3 N–H and O–H groups in total. The Kier molecular flexibility index (Phi) is 11.5. The molecule has 0 aromatic heterocycles. The van der Waals surface area contributed by atoms with Crippen molar-refractivity contribution in [1.29, 1.82) is 0 Å². The molecule has 0 bridgehead atoms. The number of nitrogens with one attached hydrogen (secondary N) is 1. The number of halogens is 2. The van der Waals surface area contributed by atoms with E-state index >= 15 is 0 Å². The van der Waals surface area contributed by atoms with Gasteiger partial charge in [0.15, 0.2) is 0 Å². The van der Waals surface area contributed by atoms with Gasteiger partial charge in [0, 0.05) is 56.8 Å². The minimum atomic E-state index is -0.0786. The van der Waals surface area contributed by atoms with E-state index in [0.717, 1.165) is 64.2 Å². The maximum absolute atomic E-state index is 12.7. The molecule has 1 aromatic carbocycles. The molecule has 0 radical (unpaired) electrons. The Morgan fingerprint density at radius 1 is 1.10 bits per heavy atom. The van der Waals surface area contributed by atoms with Crippen LogP contribution in [0.25, 0.3) is 0 Å². The van der Waals surface area contributed by atoms with Crippen molar-refractivity contribution in [3.05, 3.63) is 29.8 Å². The second-order valence-corrected chi connectivity index (χ2v) is 7.77. The minimum Gasteiger partial charge on any atom is -0.497 e. The quantitative estimate of drug-likeness (QED) is 0.676. The van der Waals surface area contributed by atoms with Crippen molar-refractivity contribution in [2.75, 3.05) is 46.4 Å². The molecule has 2 unspecified atom stereocenters. The average Bonchev–Trinajstić information content (AvgIpc) is 2.73. The minimum absolute atomic E-state index is 0. The number of carbonyl (C=O) groups is 2. The predicted octanol–water partition coefficient (Wildman–Crippen LogP) is 1.93. The van der Waals surface area contributed by atoms with E-state index in [4.69, 9.17) is 10.5 Å². The number of rotatable bonds is 6. The zero-order chi connectivity index (χ0) is 19.9. The number of benzene rings is 1. The van der Waals surface area contributed by atoms with Gasteiger partial charge in [0.1, 0.15) is 5.75 Å². The van der Waals surface area contributed by atoms with Crippen LogP contribution in [0.2, 0.25) is 0 Å². The molecule has 30 heavy (non-hydrogen) atoms. The van der Waals surface area contributed by atoms with Gasteiger partial charge in [-0.1, -0.05) is 6.42 Å². The van der Waals surface area contributed by atoms with Crippen molar-refractivity contribution in [3.8, 4) is 5.75 Å². The lowest BCUT2D eigenvalue weighted by Crippen LogP contribution is -2.52. The molecule has 1 aliphatic carbocycles. The Morgan fingerprint density at radius 2 is 1.77 bits per heavy atom. The summed E-state index contributed by atoms with van der Waals surface area (Å²) >= 11 is 0. The molecule has 2 fully saturated rings. The van der Waals surface area contributed by atoms with Gasteiger partial charge < -0.3 is 20.7 Å². The molecule has 7 nitrogen and oxygen atoms in total. The zero-order valence-electron chi connectivity index (χ0n) is 17.5. The highest BCUT2D eigenvalue weighted by Crippen LogP contribution is 2.25. The topological polar surface area (TPSA) is 87.9 Å². The average molecular weight is 461 g/mol. The van der Waals surface area contributed by atoms with Crippen molar-refractivity contribution >= 4 is 36.6 Å². The standard InChI is InChI=1S/C21H32N4O3.2ClH/c1-28-19-7-5-16(6-8-19)20(26)23-9-10-24-11-13-25(14-12-24)21(27)17-3-2-4-18(22)15-17;;/h5-8,17-18H,2-4,9-15,22H2,1H3,(H,23,26);2*1H. The largest absolute Gasteiger partial charge is 0.497 e. The molecule has 1 heterocycles. The van der Waals surface area contributed by atoms with Gasteiger partial charge in [-0.2, -0.15) is 0 Å². The first-order chi connectivity index (χ1) is 13.6. The molecule has 2 atom stereocenters. The molecule has 1 aliphatic heterocycles. The van der Waals surface area contributed by atoms with E-state index in [1.54, 1.807) is 31.4 Å². The Bertz CT molecular complexity index is 667. The zero-order valence-corrected chi connectivity index (χ0v) is 19.2. The molecule has 2 aliphatic rings. The molecule has 9 heteroatoms. The number of carbonyl (C=O) groups excluding carboxylic acids is 2. The number of piperazine rings is 1. The van der Waals surface area contributed by atoms with Gasteiger partial charge in [0.2, 0.25) is 5.91 Å². The van der Waals surface area contributed by atoms with Gasteiger partial charge in [0.25, 0.3) is 5.91 Å². The first-order valence-corrected chi connectivity index (χ1v) is 10.3. The number of nitrogens with two attached hydrogens (primary N) is 1. The maximum atomic E-state index is 12.7. The molecular weight excluding hydrogens is 427 g/mol. The van der Waals surface area contributed by atoms with Crippen LogP contribution < -0.4 is 15.8 Å². The molecule has 3 rings (SSSR count). The van der Waals surface area contributed by atoms with Crippen LogP contribution in [0.3, 0.4) is 0 Å². The van der Waals surface area contributed by atoms with Gasteiger partial charge in [0.05, 0.1) is 7.11 Å². The summed E-state index contributed by atoms with van der Waals surface area (Å²) in [5, 5.41) is 2.96. The van der Waals surface area contributed by atoms with Crippen molar-refractivity contribution in [3.63, 3.8) is 0 Å². The van der Waals surface area contributed by atoms with E-state index in [1.165, 1.54) is 0 Å². The smallest absolute Gasteiger partial charge is 0.251 e. The SMILES string of the molecule is COc1ccc(C(=O)NCCN2CCN(C(=O)C3CCCC(N)C3)CC2)cc1.Cl.Cl. The number of amides is 2. The number of hydrogen-bond acceptors (Lipinski definition) is 5. The van der Waals surface area contributed by atoms with Gasteiger partial charge in [-0.3, -0.25) is 14.5 Å². The number of ether oxygens (including phenoxy) is 1. The van der Waals surface area contributed by atoms with Crippen LogP contribution in [0.15, 0.2) is 24.3 Å². The number of nitrogens with zero attached hydrogens (tertiary/aromatic N) is 2. The first kappa shape index (κ1) is 26.5. The highest BCUT2D eigenvalue weighted by Gasteiger charge is 2.30. The fourth-order valence-electron chi connectivity index (χ4n) is 4.07. The second-order valence-electron chi connectivity index (χ2n) is 7.77. The van der Waals surface area contributed by atoms with E-state index in [2.05, 4.69) is 10.2 Å². The third-order valence-electron chi connectivity index (χ3n) is 5.81. The summed E-state index contributed by atoms with van der Waals surface area (Å²) in [5.74, 6) is 1.05. The molecule has 1 aromatic rings. The van der Waals surface area contributed by atoms with E-state index < -0.39 is 0 Å². The summed E-state index contributed by atoms with van der Waals surface area (Å²) in [7, 11) is 1.60. The van der Waals surface area contributed by atoms with Gasteiger partial charge in [-0.25, -0.2) is 0 Å². The van der Waals surface area contributed by atoms with E-state index in [0.29, 0.717) is 12.1 Å². The molecule has 1 saturated heterocycles. The molecule has 1 saturated carbocycles. The van der Waals surface area contributed by atoms with Gasteiger partial charge >= 0.3 is 0 Å². The van der Waals surface area contributed by atoms with Crippen LogP contribution in [0.5, 0.6) is 5.75 Å². The fourth-order valence-corrected chi connectivity index (χ4v) is 4.07. The summed E-state index contributed by atoms with van der Waals surface area (Å²) in [6, 6.07) is 7.26. The summed E-state index contributed by atoms with van der Waals surface area (Å²) < 4.78 is 5.11. The van der Waals surface area contributed by atoms with Crippen LogP contribution in [-0.2, 0) is 4.79 Å². The normalized spacial score (nSPS) is 21.7. The fraction of sp³-hybridized carbons (Fsp3) is 0.619. The Labute approximate surface area is 191 Å². The Morgan fingerprint density at radius 3 is 2.37 bits per heavy atom. The molecular formula is C21H34Cl2N4O3. The lowest BCUT2D eigenvalue weighted by Gasteiger charge is -2.37. The van der Waals surface area contributed by atoms with Crippen molar-refractivity contribution in [1.82, 2.24) is 15.1 Å². The number of methoxy groups -OCH3 is 1. The van der Waals surface area contributed by atoms with E-state index in [-0.39, 0.29) is 48.6 Å². The number of hydrogen-bond donors (Lipinski definition) is 2. The second kappa shape index (κ2) is 13.0. The van der Waals surface area contributed by atoms with Crippen molar-refractivity contribution in [2.24, 2.45) is 11.7 Å². The lowest BCUT2D eigenvalue weighted by molar-refractivity contribution is -0.138. The molecule has 170 valence electrons. The highest BCUT2D eigenvalue weighted by atomic mass is 35.5. The van der Waals surface area contributed by atoms with Crippen LogP contribution in [0.1, 0.15) is 36.0 Å². The molecule has 0 spiro atoms. The third kappa shape index (κ3) is 7.30. The Hall–Kier alpha value is -1.54. The summed E-state index contributed by atoms with van der Waals surface area (Å²) in [6.07, 6.45) is 3.91. The highest BCUT2D eigenvalue weighted by molar-refractivity contribution is 5.94. The predicted molar refractivity (Wildman–Crippen MR) is 123 cm³/mol. The van der Waals surface area contributed by atoms with Crippen molar-refractivity contribution in [2.45, 2.75) is 31.7 Å². The lowest BCUT2D eigenvalue weighted by atomic mass is 9.85. The monoisotopic (exact) mass is 460 g/mol. The van der Waals surface area contributed by atoms with Crippen LogP contribution >= 0.6 is 24.8 Å². The third-order valence-corrected chi connectivity index (χ3v) is 5.81. The summed E-state index contributed by atoms with van der Waals surface area (Å²) in [6.45, 7) is 4.61. The molecule has 2 amide bonds. The van der Waals surface area contributed by atoms with Gasteiger partial charge in [-0.05, 0) is 43.5 Å². The van der Waals surface area contributed by atoms with Crippen LogP contribution in [0, 0.1) is 5.92 Å². The van der Waals surface area contributed by atoms with E-state index in [9.17, 15) is 9.59 Å². The summed E-state index contributed by atoms with van der Waals surface area (Å²) in [5.41, 5.74) is 6.66. The summed E-state index contributed by atoms with van der Waals surface area (Å²) in [4.78, 5) is 29.2. The van der Waals surface area contributed by atoms with Crippen LogP contribution in [0.4, 0.5) is 0 Å². The van der Waals surface area contributed by atoms with Crippen molar-refractivity contribution < 1.29 is 14.3 Å². The Balaban J connectivity index is 0.00000225. The first-order valence-electron chi connectivity index (χ1n) is 10.3.